The van der Waals surface area contributed by atoms with Crippen LogP contribution in [-0.2, 0) is 13.5 Å². The molecule has 0 unspecified atom stereocenters. The highest BCUT2D eigenvalue weighted by atomic mass is 16.3. The molecule has 5 aromatic carbocycles. The molecule has 0 bridgehead atoms. The van der Waals surface area contributed by atoms with Gasteiger partial charge in [0.15, 0.2) is 6.20 Å². The number of aryl methyl sites for hydroxylation is 3. The van der Waals surface area contributed by atoms with Crippen molar-refractivity contribution in [2.75, 3.05) is 0 Å². The molecule has 0 amide bonds. The van der Waals surface area contributed by atoms with Crippen molar-refractivity contribution in [3.05, 3.63) is 102 Å². The molecule has 0 aliphatic rings. The van der Waals surface area contributed by atoms with E-state index in [1.54, 1.807) is 0 Å². The first-order chi connectivity index (χ1) is 18.7. The van der Waals surface area contributed by atoms with Crippen LogP contribution in [0.5, 0.6) is 0 Å². The van der Waals surface area contributed by atoms with Crippen LogP contribution in [-0.4, -0.2) is 0 Å². The number of fused-ring (bicyclic) bond motifs is 10. The van der Waals surface area contributed by atoms with Crippen LogP contribution in [0.2, 0.25) is 0 Å². The van der Waals surface area contributed by atoms with Gasteiger partial charge >= 0.3 is 0 Å². The molecule has 0 N–H and O–H groups in total. The fraction of sp³-hybridized carbons (Fsp3) is 0.216. The first kappa shape index (κ1) is 23.9. The maximum Gasteiger partial charge on any atom is 0.216 e. The zero-order chi connectivity index (χ0) is 27.1. The smallest absolute Gasteiger partial charge is 0.216 e. The maximum atomic E-state index is 7.00. The molecule has 0 spiro atoms. The SMILES string of the molecule is Cc1c[n+](C)c(-c2c(C)ccc3c2oc2c3ccc3c4ccccc4c4ccccc4c32)cc1CC(C)(C)C. The van der Waals surface area contributed by atoms with E-state index in [2.05, 4.69) is 131 Å². The Labute approximate surface area is 229 Å². The molecule has 7 rings (SSSR count). The van der Waals surface area contributed by atoms with Gasteiger partial charge in [0, 0.05) is 27.8 Å². The molecule has 2 aromatic heterocycles. The Kier molecular flexibility index (Phi) is 5.16. The second-order valence-electron chi connectivity index (χ2n) is 12.4. The average molecular weight is 509 g/mol. The van der Waals surface area contributed by atoms with E-state index in [-0.39, 0.29) is 5.41 Å². The molecule has 192 valence electrons. The quantitative estimate of drug-likeness (QED) is 0.168. The minimum Gasteiger partial charge on any atom is -0.454 e. The first-order valence-electron chi connectivity index (χ1n) is 13.9. The third-order valence-electron chi connectivity index (χ3n) is 8.28. The Balaban J connectivity index is 1.61. The van der Waals surface area contributed by atoms with Crippen molar-refractivity contribution in [3.63, 3.8) is 0 Å². The standard InChI is InChI=1S/C37H34NO/c1-22-15-16-30-31-18-17-29-27-13-8-7-11-25(27)26-12-9-10-14-28(26)34(29)36(31)39-35(30)33(22)32-19-24(20-37(3,4)5)23(2)21-38(32)6/h7-19,21H,20H2,1-6H3/q+1. The lowest BCUT2D eigenvalue weighted by molar-refractivity contribution is -0.660. The Morgan fingerprint density at radius 2 is 1.18 bits per heavy atom. The largest absolute Gasteiger partial charge is 0.454 e. The van der Waals surface area contributed by atoms with E-state index in [1.807, 2.05) is 0 Å². The molecular formula is C37H34NO+. The topological polar surface area (TPSA) is 17.0 Å². The lowest BCUT2D eigenvalue weighted by Gasteiger charge is -2.19. The summed E-state index contributed by atoms with van der Waals surface area (Å²) in [5.41, 5.74) is 8.48. The van der Waals surface area contributed by atoms with Crippen LogP contribution in [0.4, 0.5) is 0 Å². The molecule has 2 heterocycles. The molecular weight excluding hydrogens is 474 g/mol. The molecule has 0 radical (unpaired) electrons. The van der Waals surface area contributed by atoms with Crippen molar-refractivity contribution in [1.82, 2.24) is 0 Å². The normalized spacial score (nSPS) is 12.5. The molecule has 0 saturated carbocycles. The molecule has 0 saturated heterocycles. The molecule has 7 aromatic rings. The molecule has 2 heteroatoms. The van der Waals surface area contributed by atoms with Crippen LogP contribution in [0.15, 0.2) is 89.5 Å². The highest BCUT2D eigenvalue weighted by Crippen LogP contribution is 2.44. The summed E-state index contributed by atoms with van der Waals surface area (Å²) in [5.74, 6) is 0. The molecule has 39 heavy (non-hydrogen) atoms. The van der Waals surface area contributed by atoms with Gasteiger partial charge in [0.05, 0.1) is 5.56 Å². The van der Waals surface area contributed by atoms with E-state index in [0.29, 0.717) is 0 Å². The summed E-state index contributed by atoms with van der Waals surface area (Å²) in [7, 11) is 2.15. The van der Waals surface area contributed by atoms with E-state index in [4.69, 9.17) is 4.42 Å². The van der Waals surface area contributed by atoms with E-state index in [9.17, 15) is 0 Å². The highest BCUT2D eigenvalue weighted by Gasteiger charge is 2.25. The fourth-order valence-corrected chi connectivity index (χ4v) is 6.53. The first-order valence-corrected chi connectivity index (χ1v) is 13.9. The predicted octanol–water partition coefficient (Wildman–Crippen LogP) is 9.74. The number of pyridine rings is 1. The van der Waals surface area contributed by atoms with Crippen molar-refractivity contribution in [3.8, 4) is 11.3 Å². The monoisotopic (exact) mass is 508 g/mol. The van der Waals surface area contributed by atoms with E-state index < -0.39 is 0 Å². The number of nitrogens with zero attached hydrogens (tertiary/aromatic N) is 1. The van der Waals surface area contributed by atoms with Gasteiger partial charge in [-0.15, -0.1) is 0 Å². The van der Waals surface area contributed by atoms with Crippen molar-refractivity contribution in [1.29, 1.82) is 0 Å². The van der Waals surface area contributed by atoms with Gasteiger partial charge in [-0.05, 0) is 69.8 Å². The van der Waals surface area contributed by atoms with Gasteiger partial charge in [-0.2, -0.15) is 0 Å². The van der Waals surface area contributed by atoms with Crippen LogP contribution >= 0.6 is 0 Å². The summed E-state index contributed by atoms with van der Waals surface area (Å²) in [5, 5.41) is 9.83. The number of benzene rings is 5. The van der Waals surface area contributed by atoms with Crippen LogP contribution in [0, 0.1) is 19.3 Å². The lowest BCUT2D eigenvalue weighted by atomic mass is 9.86. The lowest BCUT2D eigenvalue weighted by Crippen LogP contribution is -2.32. The number of aromatic nitrogens is 1. The van der Waals surface area contributed by atoms with E-state index in [0.717, 1.165) is 17.6 Å². The highest BCUT2D eigenvalue weighted by molar-refractivity contribution is 6.32. The summed E-state index contributed by atoms with van der Waals surface area (Å²) >= 11 is 0. The Morgan fingerprint density at radius 1 is 0.641 bits per heavy atom. The van der Waals surface area contributed by atoms with Gasteiger partial charge in [-0.1, -0.05) is 87.5 Å². The van der Waals surface area contributed by atoms with Crippen LogP contribution in [0.25, 0.3) is 65.5 Å². The van der Waals surface area contributed by atoms with Gasteiger partial charge in [0.25, 0.3) is 0 Å². The molecule has 0 aliphatic carbocycles. The third kappa shape index (κ3) is 3.66. The van der Waals surface area contributed by atoms with Gasteiger partial charge in [-0.25, -0.2) is 4.57 Å². The number of furan rings is 1. The van der Waals surface area contributed by atoms with Gasteiger partial charge in [0.1, 0.15) is 18.2 Å². The van der Waals surface area contributed by atoms with Gasteiger partial charge in [0.2, 0.25) is 5.69 Å². The zero-order valence-corrected chi connectivity index (χ0v) is 23.6. The number of rotatable bonds is 2. The summed E-state index contributed by atoms with van der Waals surface area (Å²) in [6, 6.07) is 28.9. The molecule has 0 fully saturated rings. The third-order valence-corrected chi connectivity index (χ3v) is 8.28. The Hall–Kier alpha value is -4.17. The zero-order valence-electron chi connectivity index (χ0n) is 23.6. The number of hydrogen-bond acceptors (Lipinski definition) is 1. The predicted molar refractivity (Wildman–Crippen MR) is 165 cm³/mol. The van der Waals surface area contributed by atoms with Crippen molar-refractivity contribution >= 4 is 54.3 Å². The maximum absolute atomic E-state index is 7.00. The Morgan fingerprint density at radius 3 is 1.85 bits per heavy atom. The van der Waals surface area contributed by atoms with Crippen LogP contribution in [0.3, 0.4) is 0 Å². The average Bonchev–Trinajstić information content (AvgIpc) is 3.28. The van der Waals surface area contributed by atoms with Crippen LogP contribution < -0.4 is 4.57 Å². The minimum absolute atomic E-state index is 0.213. The second-order valence-corrected chi connectivity index (χ2v) is 12.4. The van der Waals surface area contributed by atoms with Crippen molar-refractivity contribution < 1.29 is 8.98 Å². The fourth-order valence-electron chi connectivity index (χ4n) is 6.53. The van der Waals surface area contributed by atoms with E-state index in [1.165, 1.54) is 71.0 Å². The summed E-state index contributed by atoms with van der Waals surface area (Å²) in [6.45, 7) is 11.4. The number of hydrogen-bond donors (Lipinski definition) is 0. The second kappa shape index (κ2) is 8.41. The molecule has 0 atom stereocenters. The van der Waals surface area contributed by atoms with Crippen molar-refractivity contribution in [2.24, 2.45) is 12.5 Å². The minimum atomic E-state index is 0.213. The van der Waals surface area contributed by atoms with Crippen molar-refractivity contribution in [2.45, 2.75) is 41.0 Å². The van der Waals surface area contributed by atoms with Crippen LogP contribution in [0.1, 0.15) is 37.5 Å². The summed E-state index contributed by atoms with van der Waals surface area (Å²) in [6.07, 6.45) is 3.30. The molecule has 0 aliphatic heterocycles. The Bertz CT molecular complexity index is 2070. The van der Waals surface area contributed by atoms with E-state index >= 15 is 0 Å². The summed E-state index contributed by atoms with van der Waals surface area (Å²) in [4.78, 5) is 0. The van der Waals surface area contributed by atoms with Gasteiger partial charge in [-0.3, -0.25) is 0 Å². The molecule has 2 nitrogen and oxygen atoms in total. The summed E-state index contributed by atoms with van der Waals surface area (Å²) < 4.78 is 9.26. The van der Waals surface area contributed by atoms with Gasteiger partial charge < -0.3 is 4.42 Å².